The maximum Gasteiger partial charge on any atom is 0.253 e. The lowest BCUT2D eigenvalue weighted by Gasteiger charge is -2.37. The number of benzene rings is 2. The molecule has 1 aliphatic heterocycles. The van der Waals surface area contributed by atoms with Crippen LogP contribution in [-0.4, -0.2) is 34.0 Å². The standard InChI is InChI=1S/C24H24N2O2/c1-18-5-7-19(8-6-18)20-9-11-21(12-10-20)23(27)26-16-13-24(28,14-17-26)22-4-2-3-15-25-22/h2-12,15,28H,13-14,16-17H2,1H3. The third-order valence-corrected chi connectivity index (χ3v) is 5.54. The van der Waals surface area contributed by atoms with Gasteiger partial charge in [-0.3, -0.25) is 9.78 Å². The summed E-state index contributed by atoms with van der Waals surface area (Å²) in [5.74, 6) is 0.0125. The van der Waals surface area contributed by atoms with Crippen molar-refractivity contribution in [2.75, 3.05) is 13.1 Å². The van der Waals surface area contributed by atoms with E-state index in [4.69, 9.17) is 0 Å². The highest BCUT2D eigenvalue weighted by molar-refractivity contribution is 5.94. The monoisotopic (exact) mass is 372 g/mol. The van der Waals surface area contributed by atoms with Crippen molar-refractivity contribution < 1.29 is 9.90 Å². The molecule has 0 radical (unpaired) electrons. The van der Waals surface area contributed by atoms with Gasteiger partial charge in [-0.05, 0) is 55.2 Å². The third kappa shape index (κ3) is 3.69. The molecule has 2 heterocycles. The summed E-state index contributed by atoms with van der Waals surface area (Å²) >= 11 is 0. The molecule has 4 heteroatoms. The Kier molecular flexibility index (Phi) is 4.97. The molecule has 0 saturated carbocycles. The first kappa shape index (κ1) is 18.4. The van der Waals surface area contributed by atoms with Gasteiger partial charge in [0.05, 0.1) is 5.69 Å². The van der Waals surface area contributed by atoms with Crippen LogP contribution in [0.25, 0.3) is 11.1 Å². The SMILES string of the molecule is Cc1ccc(-c2ccc(C(=O)N3CCC(O)(c4ccccn4)CC3)cc2)cc1. The van der Waals surface area contributed by atoms with E-state index in [1.165, 1.54) is 5.56 Å². The van der Waals surface area contributed by atoms with Gasteiger partial charge in [-0.25, -0.2) is 0 Å². The molecule has 1 N–H and O–H groups in total. The predicted molar refractivity (Wildman–Crippen MR) is 110 cm³/mol. The summed E-state index contributed by atoms with van der Waals surface area (Å²) in [7, 11) is 0. The largest absolute Gasteiger partial charge is 0.383 e. The van der Waals surface area contributed by atoms with E-state index in [1.54, 1.807) is 6.20 Å². The van der Waals surface area contributed by atoms with Gasteiger partial charge in [0.2, 0.25) is 0 Å². The molecular weight excluding hydrogens is 348 g/mol. The second-order valence-corrected chi connectivity index (χ2v) is 7.48. The second-order valence-electron chi connectivity index (χ2n) is 7.48. The number of pyridine rings is 1. The summed E-state index contributed by atoms with van der Waals surface area (Å²) in [5, 5.41) is 10.9. The molecule has 0 unspecified atom stereocenters. The van der Waals surface area contributed by atoms with Gasteiger partial charge in [0.1, 0.15) is 5.60 Å². The zero-order valence-electron chi connectivity index (χ0n) is 16.0. The summed E-state index contributed by atoms with van der Waals surface area (Å²) < 4.78 is 0. The summed E-state index contributed by atoms with van der Waals surface area (Å²) in [4.78, 5) is 19.0. The second kappa shape index (κ2) is 7.56. The number of aryl methyl sites for hydroxylation is 1. The Morgan fingerprint density at radius 2 is 1.54 bits per heavy atom. The summed E-state index contributed by atoms with van der Waals surface area (Å²) in [6, 6.07) is 21.7. The normalized spacial score (nSPS) is 16.0. The summed E-state index contributed by atoms with van der Waals surface area (Å²) in [6.45, 7) is 3.11. The molecule has 1 aliphatic rings. The maximum absolute atomic E-state index is 12.9. The smallest absolute Gasteiger partial charge is 0.253 e. The minimum Gasteiger partial charge on any atom is -0.383 e. The van der Waals surface area contributed by atoms with Crippen molar-refractivity contribution in [3.05, 3.63) is 89.7 Å². The highest BCUT2D eigenvalue weighted by Gasteiger charge is 2.36. The Balaban J connectivity index is 1.43. The minimum absolute atomic E-state index is 0.0125. The number of hydrogen-bond donors (Lipinski definition) is 1. The van der Waals surface area contributed by atoms with Crippen LogP contribution in [0.5, 0.6) is 0 Å². The van der Waals surface area contributed by atoms with Crippen molar-refractivity contribution in [1.82, 2.24) is 9.88 Å². The lowest BCUT2D eigenvalue weighted by molar-refractivity contribution is -0.0244. The average Bonchev–Trinajstić information content (AvgIpc) is 2.75. The number of nitrogens with zero attached hydrogens (tertiary/aromatic N) is 2. The Bertz CT molecular complexity index is 942. The highest BCUT2D eigenvalue weighted by atomic mass is 16.3. The molecular formula is C24H24N2O2. The lowest BCUT2D eigenvalue weighted by atomic mass is 9.87. The van der Waals surface area contributed by atoms with Crippen LogP contribution in [0.1, 0.15) is 34.5 Å². The Hall–Kier alpha value is -2.98. The number of carbonyl (C=O) groups excluding carboxylic acids is 1. The van der Waals surface area contributed by atoms with Crippen LogP contribution in [0.15, 0.2) is 72.9 Å². The number of piperidine rings is 1. The average molecular weight is 372 g/mol. The van der Waals surface area contributed by atoms with E-state index in [-0.39, 0.29) is 5.91 Å². The van der Waals surface area contributed by atoms with Crippen LogP contribution in [0.3, 0.4) is 0 Å². The predicted octanol–water partition coefficient (Wildman–Crippen LogP) is 4.18. The van der Waals surface area contributed by atoms with E-state index in [2.05, 4.69) is 36.2 Å². The van der Waals surface area contributed by atoms with E-state index < -0.39 is 5.60 Å². The van der Waals surface area contributed by atoms with E-state index in [9.17, 15) is 9.90 Å². The van der Waals surface area contributed by atoms with Crippen LogP contribution < -0.4 is 0 Å². The topological polar surface area (TPSA) is 53.4 Å². The van der Waals surface area contributed by atoms with Crippen LogP contribution in [-0.2, 0) is 5.60 Å². The molecule has 4 nitrogen and oxygen atoms in total. The Morgan fingerprint density at radius 1 is 0.929 bits per heavy atom. The van der Waals surface area contributed by atoms with Crippen molar-refractivity contribution in [3.8, 4) is 11.1 Å². The van der Waals surface area contributed by atoms with Gasteiger partial charge in [0, 0.05) is 24.8 Å². The molecule has 0 aliphatic carbocycles. The number of carbonyl (C=O) groups is 1. The first-order chi connectivity index (χ1) is 13.5. The first-order valence-corrected chi connectivity index (χ1v) is 9.65. The van der Waals surface area contributed by atoms with Gasteiger partial charge in [0.25, 0.3) is 5.91 Å². The molecule has 1 saturated heterocycles. The zero-order valence-corrected chi connectivity index (χ0v) is 16.0. The number of amides is 1. The molecule has 1 amide bonds. The number of aliphatic hydroxyl groups is 1. The van der Waals surface area contributed by atoms with E-state index in [1.807, 2.05) is 47.4 Å². The fourth-order valence-electron chi connectivity index (χ4n) is 3.71. The van der Waals surface area contributed by atoms with Gasteiger partial charge in [-0.15, -0.1) is 0 Å². The zero-order chi connectivity index (χ0) is 19.6. The third-order valence-electron chi connectivity index (χ3n) is 5.54. The molecule has 3 aromatic rings. The summed E-state index contributed by atoms with van der Waals surface area (Å²) in [6.07, 6.45) is 2.69. The van der Waals surface area contributed by atoms with E-state index in [0.29, 0.717) is 37.2 Å². The fraction of sp³-hybridized carbons (Fsp3) is 0.250. The fourth-order valence-corrected chi connectivity index (χ4v) is 3.71. The van der Waals surface area contributed by atoms with Gasteiger partial charge < -0.3 is 10.0 Å². The van der Waals surface area contributed by atoms with Gasteiger partial charge >= 0.3 is 0 Å². The molecule has 0 bridgehead atoms. The van der Waals surface area contributed by atoms with Crippen LogP contribution >= 0.6 is 0 Å². The molecule has 0 atom stereocenters. The van der Waals surface area contributed by atoms with E-state index >= 15 is 0 Å². The van der Waals surface area contributed by atoms with Crippen molar-refractivity contribution >= 4 is 5.91 Å². The van der Waals surface area contributed by atoms with Crippen LogP contribution in [0.2, 0.25) is 0 Å². The van der Waals surface area contributed by atoms with Crippen molar-refractivity contribution in [2.24, 2.45) is 0 Å². The van der Waals surface area contributed by atoms with Crippen LogP contribution in [0.4, 0.5) is 0 Å². The van der Waals surface area contributed by atoms with Gasteiger partial charge in [-0.1, -0.05) is 48.0 Å². The number of aromatic nitrogens is 1. The van der Waals surface area contributed by atoms with Crippen molar-refractivity contribution in [2.45, 2.75) is 25.4 Å². The molecule has 1 fully saturated rings. The Morgan fingerprint density at radius 3 is 2.11 bits per heavy atom. The molecule has 28 heavy (non-hydrogen) atoms. The molecule has 0 spiro atoms. The van der Waals surface area contributed by atoms with Crippen molar-refractivity contribution in [3.63, 3.8) is 0 Å². The Labute approximate surface area is 165 Å². The van der Waals surface area contributed by atoms with E-state index in [0.717, 1.165) is 11.1 Å². The lowest BCUT2D eigenvalue weighted by Crippen LogP contribution is -2.45. The molecule has 2 aromatic carbocycles. The molecule has 4 rings (SSSR count). The molecule has 142 valence electrons. The number of rotatable bonds is 3. The minimum atomic E-state index is -0.951. The number of likely N-dealkylation sites (tertiary alicyclic amines) is 1. The number of hydrogen-bond acceptors (Lipinski definition) is 3. The first-order valence-electron chi connectivity index (χ1n) is 9.65. The maximum atomic E-state index is 12.9. The quantitative estimate of drug-likeness (QED) is 0.750. The highest BCUT2D eigenvalue weighted by Crippen LogP contribution is 2.32. The van der Waals surface area contributed by atoms with Crippen molar-refractivity contribution in [1.29, 1.82) is 0 Å². The van der Waals surface area contributed by atoms with Gasteiger partial charge in [-0.2, -0.15) is 0 Å². The molecule has 1 aromatic heterocycles. The summed E-state index contributed by atoms with van der Waals surface area (Å²) in [5.41, 5.74) is 3.88. The van der Waals surface area contributed by atoms with Crippen LogP contribution in [0, 0.1) is 6.92 Å². The van der Waals surface area contributed by atoms with Gasteiger partial charge in [0.15, 0.2) is 0 Å².